The van der Waals surface area contributed by atoms with E-state index in [1.807, 2.05) is 24.3 Å². The third-order valence-corrected chi connectivity index (χ3v) is 4.27. The van der Waals surface area contributed by atoms with Gasteiger partial charge in [-0.2, -0.15) is 0 Å². The van der Waals surface area contributed by atoms with Crippen molar-refractivity contribution in [2.24, 2.45) is 0 Å². The first kappa shape index (κ1) is 17.3. The summed E-state index contributed by atoms with van der Waals surface area (Å²) in [5.74, 6) is -0.392. The molecule has 2 aromatic carbocycles. The zero-order valence-corrected chi connectivity index (χ0v) is 14.5. The van der Waals surface area contributed by atoms with Crippen LogP contribution in [0, 0.1) is 0 Å². The second kappa shape index (κ2) is 8.03. The zero-order valence-electron chi connectivity index (χ0n) is 13.7. The van der Waals surface area contributed by atoms with Gasteiger partial charge in [0.15, 0.2) is 0 Å². The van der Waals surface area contributed by atoms with Gasteiger partial charge in [0.1, 0.15) is 12.4 Å². The summed E-state index contributed by atoms with van der Waals surface area (Å²) in [5.41, 5.74) is 1.58. The Hall–Kier alpha value is -2.53. The van der Waals surface area contributed by atoms with Crippen LogP contribution in [0.4, 0.5) is 5.69 Å². The number of benzene rings is 2. The number of ether oxygens (including phenoxy) is 1. The van der Waals surface area contributed by atoms with Crippen molar-refractivity contribution in [2.75, 3.05) is 18.4 Å². The first-order valence-electron chi connectivity index (χ1n) is 8.19. The number of halogens is 1. The van der Waals surface area contributed by atoms with Crippen LogP contribution in [-0.4, -0.2) is 29.8 Å². The van der Waals surface area contributed by atoms with E-state index >= 15 is 0 Å². The average molecular weight is 359 g/mol. The molecular formula is C19H19ClN2O3. The van der Waals surface area contributed by atoms with Crippen molar-refractivity contribution in [2.45, 2.75) is 19.4 Å². The quantitative estimate of drug-likeness (QED) is 0.851. The fraction of sp³-hybridized carbons (Fsp3) is 0.263. The number of amides is 2. The smallest absolute Gasteiger partial charge is 0.313 e. The van der Waals surface area contributed by atoms with Gasteiger partial charge in [-0.05, 0) is 54.8 Å². The van der Waals surface area contributed by atoms with Crippen LogP contribution >= 0.6 is 11.6 Å². The predicted molar refractivity (Wildman–Crippen MR) is 96.7 cm³/mol. The lowest BCUT2D eigenvalue weighted by Gasteiger charge is -2.14. The molecule has 1 saturated heterocycles. The van der Waals surface area contributed by atoms with Gasteiger partial charge in [0.05, 0.1) is 0 Å². The number of likely N-dealkylation sites (tertiary alicyclic amines) is 1. The molecule has 3 rings (SSSR count). The van der Waals surface area contributed by atoms with Crippen molar-refractivity contribution in [3.63, 3.8) is 0 Å². The number of nitrogens with zero attached hydrogens (tertiary/aromatic N) is 1. The SMILES string of the molecule is O=C(Nc1ccc(OCc2ccc(Cl)cc2)cc1)C(=O)N1CCCC1. The van der Waals surface area contributed by atoms with E-state index in [1.54, 1.807) is 29.2 Å². The number of nitrogens with one attached hydrogen (secondary N) is 1. The van der Waals surface area contributed by atoms with Gasteiger partial charge in [-0.15, -0.1) is 0 Å². The Morgan fingerprint density at radius 2 is 1.64 bits per heavy atom. The minimum absolute atomic E-state index is 0.427. The summed E-state index contributed by atoms with van der Waals surface area (Å²) in [7, 11) is 0. The lowest BCUT2D eigenvalue weighted by molar-refractivity contribution is -0.142. The van der Waals surface area contributed by atoms with Crippen molar-refractivity contribution in [1.82, 2.24) is 4.90 Å². The summed E-state index contributed by atoms with van der Waals surface area (Å²) in [6, 6.07) is 14.4. The van der Waals surface area contributed by atoms with E-state index in [0.717, 1.165) is 18.4 Å². The monoisotopic (exact) mass is 358 g/mol. The lowest BCUT2D eigenvalue weighted by atomic mass is 10.2. The standard InChI is InChI=1S/C19H19ClN2O3/c20-15-5-3-14(4-6-15)13-25-17-9-7-16(8-10-17)21-18(23)19(24)22-11-1-2-12-22/h3-10H,1-2,11-13H2,(H,21,23). The Labute approximate surface area is 151 Å². The van der Waals surface area contributed by atoms with E-state index in [-0.39, 0.29) is 0 Å². The summed E-state index contributed by atoms with van der Waals surface area (Å²) >= 11 is 5.85. The van der Waals surface area contributed by atoms with Gasteiger partial charge in [-0.25, -0.2) is 0 Å². The molecule has 1 aliphatic heterocycles. The zero-order chi connectivity index (χ0) is 17.6. The molecule has 0 saturated carbocycles. The Balaban J connectivity index is 1.52. The Morgan fingerprint density at radius 1 is 1.00 bits per heavy atom. The third kappa shape index (κ3) is 4.73. The van der Waals surface area contributed by atoms with Crippen LogP contribution < -0.4 is 10.1 Å². The van der Waals surface area contributed by atoms with E-state index < -0.39 is 11.8 Å². The molecule has 25 heavy (non-hydrogen) atoms. The molecule has 1 N–H and O–H groups in total. The molecule has 5 nitrogen and oxygen atoms in total. The second-order valence-electron chi connectivity index (χ2n) is 5.89. The van der Waals surface area contributed by atoms with Gasteiger partial charge in [-0.1, -0.05) is 23.7 Å². The molecular weight excluding hydrogens is 340 g/mol. The van der Waals surface area contributed by atoms with Crippen LogP contribution in [0.3, 0.4) is 0 Å². The first-order valence-corrected chi connectivity index (χ1v) is 8.57. The highest BCUT2D eigenvalue weighted by Gasteiger charge is 2.24. The highest BCUT2D eigenvalue weighted by Crippen LogP contribution is 2.18. The Morgan fingerprint density at radius 3 is 2.28 bits per heavy atom. The third-order valence-electron chi connectivity index (χ3n) is 4.02. The van der Waals surface area contributed by atoms with Crippen LogP contribution in [-0.2, 0) is 16.2 Å². The number of hydrogen-bond acceptors (Lipinski definition) is 3. The highest BCUT2D eigenvalue weighted by atomic mass is 35.5. The summed E-state index contributed by atoms with van der Waals surface area (Å²) in [6.07, 6.45) is 1.91. The minimum atomic E-state index is -0.600. The maximum Gasteiger partial charge on any atom is 0.313 e. The first-order chi connectivity index (χ1) is 12.1. The summed E-state index contributed by atoms with van der Waals surface area (Å²) < 4.78 is 5.69. The van der Waals surface area contributed by atoms with Gasteiger partial charge in [0.2, 0.25) is 0 Å². The van der Waals surface area contributed by atoms with E-state index in [4.69, 9.17) is 16.3 Å². The fourth-order valence-corrected chi connectivity index (χ4v) is 2.76. The van der Waals surface area contributed by atoms with Gasteiger partial charge in [-0.3, -0.25) is 9.59 Å². The fourth-order valence-electron chi connectivity index (χ4n) is 2.63. The van der Waals surface area contributed by atoms with Crippen LogP contribution in [0.15, 0.2) is 48.5 Å². The van der Waals surface area contributed by atoms with Gasteiger partial charge < -0.3 is 15.0 Å². The van der Waals surface area contributed by atoms with Crippen LogP contribution in [0.1, 0.15) is 18.4 Å². The summed E-state index contributed by atoms with van der Waals surface area (Å²) in [6.45, 7) is 1.74. The largest absolute Gasteiger partial charge is 0.489 e. The van der Waals surface area contributed by atoms with E-state index in [9.17, 15) is 9.59 Å². The molecule has 1 heterocycles. The topological polar surface area (TPSA) is 58.6 Å². The van der Waals surface area contributed by atoms with Crippen LogP contribution in [0.5, 0.6) is 5.75 Å². The summed E-state index contributed by atoms with van der Waals surface area (Å²) in [4.78, 5) is 25.5. The second-order valence-corrected chi connectivity index (χ2v) is 6.33. The number of anilines is 1. The summed E-state index contributed by atoms with van der Waals surface area (Å²) in [5, 5.41) is 3.31. The molecule has 0 aliphatic carbocycles. The molecule has 0 spiro atoms. The van der Waals surface area contributed by atoms with Crippen molar-refractivity contribution in [1.29, 1.82) is 0 Å². The van der Waals surface area contributed by atoms with Crippen LogP contribution in [0.2, 0.25) is 5.02 Å². The molecule has 2 amide bonds. The number of rotatable bonds is 4. The Kier molecular flexibility index (Phi) is 5.56. The van der Waals surface area contributed by atoms with Crippen molar-refractivity contribution in [3.8, 4) is 5.75 Å². The molecule has 0 radical (unpaired) electrons. The molecule has 2 aromatic rings. The van der Waals surface area contributed by atoms with Crippen molar-refractivity contribution < 1.29 is 14.3 Å². The van der Waals surface area contributed by atoms with E-state index in [1.165, 1.54) is 0 Å². The van der Waals surface area contributed by atoms with Crippen molar-refractivity contribution >= 4 is 29.1 Å². The average Bonchev–Trinajstić information content (AvgIpc) is 3.16. The van der Waals surface area contributed by atoms with Gasteiger partial charge >= 0.3 is 11.8 Å². The van der Waals surface area contributed by atoms with E-state index in [0.29, 0.717) is 36.2 Å². The molecule has 0 atom stereocenters. The van der Waals surface area contributed by atoms with Gasteiger partial charge in [0.25, 0.3) is 0 Å². The molecule has 0 bridgehead atoms. The molecule has 0 aromatic heterocycles. The number of hydrogen-bond donors (Lipinski definition) is 1. The molecule has 6 heteroatoms. The number of carbonyl (C=O) groups excluding carboxylic acids is 2. The predicted octanol–water partition coefficient (Wildman–Crippen LogP) is 3.48. The lowest BCUT2D eigenvalue weighted by Crippen LogP contribution is -2.37. The van der Waals surface area contributed by atoms with Gasteiger partial charge in [0, 0.05) is 23.8 Å². The highest BCUT2D eigenvalue weighted by molar-refractivity contribution is 6.39. The normalized spacial score (nSPS) is 13.6. The number of carbonyl (C=O) groups is 2. The maximum absolute atomic E-state index is 12.0. The molecule has 1 fully saturated rings. The maximum atomic E-state index is 12.0. The van der Waals surface area contributed by atoms with Crippen LogP contribution in [0.25, 0.3) is 0 Å². The Bertz CT molecular complexity index is 738. The van der Waals surface area contributed by atoms with Crippen molar-refractivity contribution in [3.05, 3.63) is 59.1 Å². The van der Waals surface area contributed by atoms with E-state index in [2.05, 4.69) is 5.32 Å². The molecule has 0 unspecified atom stereocenters. The molecule has 130 valence electrons. The molecule has 1 aliphatic rings. The minimum Gasteiger partial charge on any atom is -0.489 e.